The zero-order valence-corrected chi connectivity index (χ0v) is 20.6. The maximum Gasteiger partial charge on any atom is 0.149 e. The van der Waals surface area contributed by atoms with Crippen molar-refractivity contribution in [2.45, 2.75) is 88.6 Å². The fourth-order valence-corrected chi connectivity index (χ4v) is 6.50. The molecule has 0 saturated heterocycles. The number of hydrogen-bond donors (Lipinski definition) is 2. The number of unbranched alkanes of at least 4 members (excludes halogenated alkanes) is 1. The van der Waals surface area contributed by atoms with Crippen molar-refractivity contribution in [3.05, 3.63) is 12.2 Å². The Morgan fingerprint density at radius 3 is 2.04 bits per heavy atom. The van der Waals surface area contributed by atoms with Gasteiger partial charge in [-0.1, -0.05) is 26.0 Å². The van der Waals surface area contributed by atoms with Gasteiger partial charge in [0, 0.05) is 42.2 Å². The first kappa shape index (κ1) is 26.4. The average molecular weight is 447 g/mol. The lowest BCUT2D eigenvalue weighted by Gasteiger charge is -2.33. The van der Waals surface area contributed by atoms with Crippen LogP contribution in [0.2, 0.25) is 0 Å². The first-order valence-corrected chi connectivity index (χ1v) is 13.4. The molecule has 2 rings (SSSR count). The molecule has 2 saturated carbocycles. The Balaban J connectivity index is 0.00000392. The van der Waals surface area contributed by atoms with E-state index in [1.807, 2.05) is 0 Å². The Bertz CT molecular complexity index is 458. The maximum atomic E-state index is 6.22. The average Bonchev–Trinajstić information content (AvgIpc) is 2.65. The molecule has 0 amide bonds. The van der Waals surface area contributed by atoms with Crippen molar-refractivity contribution in [3.63, 3.8) is 0 Å². The summed E-state index contributed by atoms with van der Waals surface area (Å²) in [6, 6.07) is 0. The van der Waals surface area contributed by atoms with Gasteiger partial charge in [0.2, 0.25) is 0 Å². The van der Waals surface area contributed by atoms with Gasteiger partial charge in [0.25, 0.3) is 0 Å². The zero-order chi connectivity index (χ0) is 19.5. The fourth-order valence-electron chi connectivity index (χ4n) is 3.79. The number of nitrogens with two attached hydrogens (primary N) is 1. The van der Waals surface area contributed by atoms with Gasteiger partial charge in [0.1, 0.15) is 5.71 Å². The van der Waals surface area contributed by atoms with Gasteiger partial charge >= 0.3 is 0 Å². The van der Waals surface area contributed by atoms with Crippen LogP contribution >= 0.6 is 23.5 Å². The maximum absolute atomic E-state index is 6.22. The molecule has 0 aromatic carbocycles. The molecular formula is C23H43ClN2S2. The van der Waals surface area contributed by atoms with Crippen LogP contribution in [-0.2, 0) is 0 Å². The molecule has 4 unspecified atom stereocenters. The molecule has 0 aliphatic heterocycles. The van der Waals surface area contributed by atoms with Crippen molar-refractivity contribution in [3.8, 4) is 0 Å². The molecule has 0 bridgehead atoms. The van der Waals surface area contributed by atoms with Crippen molar-refractivity contribution in [1.82, 2.24) is 5.32 Å². The van der Waals surface area contributed by atoms with E-state index in [1.165, 1.54) is 67.7 Å². The van der Waals surface area contributed by atoms with Crippen LogP contribution in [0.5, 0.6) is 0 Å². The molecular weight excluding hydrogens is 404 g/mol. The van der Waals surface area contributed by atoms with E-state index in [0.717, 1.165) is 54.7 Å². The summed E-state index contributed by atoms with van der Waals surface area (Å²) in [6.07, 6.45) is 12.8. The summed E-state index contributed by atoms with van der Waals surface area (Å²) in [4.78, 5) is 0. The van der Waals surface area contributed by atoms with E-state index in [0.29, 0.717) is 0 Å². The number of nitrogens with one attached hydrogen (secondary N) is 1. The van der Waals surface area contributed by atoms with Crippen LogP contribution in [-0.4, -0.2) is 40.8 Å². The summed E-state index contributed by atoms with van der Waals surface area (Å²) >= 11 is 4.32. The minimum absolute atomic E-state index is 0. The minimum Gasteiger partial charge on any atom is -1.00 e. The molecule has 0 aromatic rings. The van der Waals surface area contributed by atoms with Crippen molar-refractivity contribution in [2.24, 2.45) is 11.8 Å². The van der Waals surface area contributed by atoms with Crippen LogP contribution in [0.1, 0.15) is 78.1 Å². The predicted octanol–water partition coefficient (Wildman–Crippen LogP) is 1.74. The van der Waals surface area contributed by atoms with Crippen LogP contribution in [0.25, 0.3) is 0 Å². The van der Waals surface area contributed by atoms with Crippen molar-refractivity contribution < 1.29 is 17.8 Å². The second kappa shape index (κ2) is 15.2. The molecule has 4 atom stereocenters. The largest absolute Gasteiger partial charge is 1.00 e. The Morgan fingerprint density at radius 1 is 0.893 bits per heavy atom. The van der Waals surface area contributed by atoms with E-state index >= 15 is 0 Å². The second-order valence-electron chi connectivity index (χ2n) is 8.82. The number of rotatable bonds is 16. The zero-order valence-electron chi connectivity index (χ0n) is 18.2. The van der Waals surface area contributed by atoms with Crippen LogP contribution in [0, 0.1) is 11.8 Å². The van der Waals surface area contributed by atoms with E-state index in [9.17, 15) is 0 Å². The molecule has 2 aliphatic carbocycles. The Hall–Kier alpha value is 0.360. The van der Waals surface area contributed by atoms with Gasteiger partial charge in [-0.15, -0.1) is 0 Å². The summed E-state index contributed by atoms with van der Waals surface area (Å²) in [6.45, 7) is 11.1. The lowest BCUT2D eigenvalue weighted by Crippen LogP contribution is -3.00. The lowest BCUT2D eigenvalue weighted by atomic mass is 9.87. The number of hydrogen-bond acceptors (Lipinski definition) is 3. The molecule has 0 heterocycles. The van der Waals surface area contributed by atoms with Gasteiger partial charge in [-0.05, 0) is 69.0 Å². The van der Waals surface area contributed by atoms with Crippen LogP contribution in [0.4, 0.5) is 0 Å². The van der Waals surface area contributed by atoms with Gasteiger partial charge in [-0.25, -0.2) is 0 Å². The lowest BCUT2D eigenvalue weighted by molar-refractivity contribution is -0.119. The standard InChI is InChI=1S/C23H42N2S2.ClH/c1-18(17-25-14-16-27-23-13-11-20(23)3)7-4-5-8-21(24)9-6-15-26-22-12-10-19(22)2;/h19-20,22-25H,1,4-17H2,2-3H3;1H. The van der Waals surface area contributed by atoms with E-state index in [2.05, 4.69) is 49.3 Å². The predicted molar refractivity (Wildman–Crippen MR) is 126 cm³/mol. The van der Waals surface area contributed by atoms with E-state index in [1.54, 1.807) is 0 Å². The summed E-state index contributed by atoms with van der Waals surface area (Å²) in [5, 5.41) is 11.6. The normalized spacial score (nSPS) is 26.1. The number of thioether (sulfide) groups is 2. The summed E-state index contributed by atoms with van der Waals surface area (Å²) < 4.78 is 0. The fraction of sp³-hybridized carbons (Fsp3) is 0.870. The van der Waals surface area contributed by atoms with Crippen LogP contribution in [0.15, 0.2) is 12.2 Å². The van der Waals surface area contributed by atoms with Gasteiger partial charge in [0.15, 0.2) is 0 Å². The Labute approximate surface area is 189 Å². The van der Waals surface area contributed by atoms with Crippen LogP contribution < -0.4 is 23.1 Å². The van der Waals surface area contributed by atoms with Gasteiger partial charge in [-0.3, -0.25) is 5.41 Å². The van der Waals surface area contributed by atoms with Gasteiger partial charge in [0.05, 0.1) is 0 Å². The van der Waals surface area contributed by atoms with Crippen LogP contribution in [0.3, 0.4) is 0 Å². The molecule has 164 valence electrons. The highest BCUT2D eigenvalue weighted by molar-refractivity contribution is 8.00. The quantitative estimate of drug-likeness (QED) is 0.215. The minimum atomic E-state index is 0. The molecule has 5 heteroatoms. The highest BCUT2D eigenvalue weighted by Gasteiger charge is 2.27. The molecule has 3 N–H and O–H groups in total. The van der Waals surface area contributed by atoms with E-state index in [4.69, 9.17) is 5.41 Å². The SMILES string of the molecule is C=C(CCCCC(=[NH2+])CCCSC1CCC1C)CNCCSC1CCC1C.[Cl-]. The Kier molecular flexibility index (Phi) is 14.3. The van der Waals surface area contributed by atoms with Crippen molar-refractivity contribution in [1.29, 1.82) is 0 Å². The highest BCUT2D eigenvalue weighted by atomic mass is 35.5. The highest BCUT2D eigenvalue weighted by Crippen LogP contribution is 2.37. The molecule has 0 aromatic heterocycles. The number of halogens is 1. The van der Waals surface area contributed by atoms with E-state index < -0.39 is 0 Å². The summed E-state index contributed by atoms with van der Waals surface area (Å²) in [7, 11) is 0. The van der Waals surface area contributed by atoms with Gasteiger partial charge in [-0.2, -0.15) is 23.5 Å². The van der Waals surface area contributed by atoms with Gasteiger partial charge < -0.3 is 17.7 Å². The molecule has 0 spiro atoms. The first-order valence-electron chi connectivity index (χ1n) is 11.3. The molecule has 28 heavy (non-hydrogen) atoms. The molecule has 2 fully saturated rings. The van der Waals surface area contributed by atoms with E-state index in [-0.39, 0.29) is 12.4 Å². The van der Waals surface area contributed by atoms with Crippen molar-refractivity contribution in [2.75, 3.05) is 24.6 Å². The second-order valence-corrected chi connectivity index (χ2v) is 11.5. The third-order valence-corrected chi connectivity index (χ3v) is 9.54. The molecule has 0 radical (unpaired) electrons. The Morgan fingerprint density at radius 2 is 1.46 bits per heavy atom. The summed E-state index contributed by atoms with van der Waals surface area (Å²) in [5.74, 6) is 4.42. The third-order valence-electron chi connectivity index (χ3n) is 6.32. The van der Waals surface area contributed by atoms with Crippen molar-refractivity contribution >= 4 is 29.2 Å². The first-order chi connectivity index (χ1) is 13.1. The monoisotopic (exact) mass is 446 g/mol. The summed E-state index contributed by atoms with van der Waals surface area (Å²) in [5.41, 5.74) is 2.56. The smallest absolute Gasteiger partial charge is 0.149 e. The molecule has 2 aliphatic rings. The third kappa shape index (κ3) is 10.4. The topological polar surface area (TPSA) is 37.6 Å². The molecule has 2 nitrogen and oxygen atoms in total.